The summed E-state index contributed by atoms with van der Waals surface area (Å²) in [7, 11) is 0. The molecule has 0 aromatic heterocycles. The first-order valence-electron chi connectivity index (χ1n) is 3.55. The monoisotopic (exact) mass is 179 g/mol. The molecule has 1 aliphatic heterocycles. The Bertz CT molecular complexity index is 339. The van der Waals surface area contributed by atoms with E-state index in [2.05, 4.69) is 9.68 Å². The minimum atomic E-state index is -0.638. The fraction of sp³-hybridized carbons (Fsp3) is 0. The van der Waals surface area contributed by atoms with E-state index in [1.807, 2.05) is 0 Å². The first-order chi connectivity index (χ1) is 6.29. The van der Waals surface area contributed by atoms with Crippen molar-refractivity contribution >= 4 is 11.9 Å². The quantitative estimate of drug-likeness (QED) is 0.625. The van der Waals surface area contributed by atoms with Crippen LogP contribution in [0.25, 0.3) is 0 Å². The SMILES string of the molecule is O=C1ONOC(=O)c2ccccc21. The highest BCUT2D eigenvalue weighted by Crippen LogP contribution is 2.12. The van der Waals surface area contributed by atoms with E-state index < -0.39 is 11.9 Å². The number of benzene rings is 1. The van der Waals surface area contributed by atoms with E-state index in [0.29, 0.717) is 0 Å². The van der Waals surface area contributed by atoms with E-state index in [4.69, 9.17) is 0 Å². The van der Waals surface area contributed by atoms with Crippen LogP contribution in [0, 0.1) is 0 Å². The first kappa shape index (κ1) is 7.75. The zero-order valence-corrected chi connectivity index (χ0v) is 6.44. The summed E-state index contributed by atoms with van der Waals surface area (Å²) >= 11 is 0. The van der Waals surface area contributed by atoms with Gasteiger partial charge in [0.2, 0.25) is 0 Å². The Kier molecular flexibility index (Phi) is 1.71. The molecule has 1 aliphatic rings. The largest absolute Gasteiger partial charge is 0.361 e. The third-order valence-corrected chi connectivity index (χ3v) is 1.64. The number of fused-ring (bicyclic) bond motifs is 1. The van der Waals surface area contributed by atoms with E-state index in [-0.39, 0.29) is 11.1 Å². The van der Waals surface area contributed by atoms with Crippen LogP contribution in [0.3, 0.4) is 0 Å². The molecule has 66 valence electrons. The second-order valence-electron chi connectivity index (χ2n) is 2.41. The molecule has 0 aliphatic carbocycles. The van der Waals surface area contributed by atoms with Crippen LogP contribution >= 0.6 is 0 Å². The molecule has 5 heteroatoms. The first-order valence-corrected chi connectivity index (χ1v) is 3.55. The van der Waals surface area contributed by atoms with Crippen molar-refractivity contribution in [2.24, 2.45) is 0 Å². The molecule has 0 radical (unpaired) electrons. The summed E-state index contributed by atoms with van der Waals surface area (Å²) in [5.41, 5.74) is 2.18. The Morgan fingerprint density at radius 2 is 1.38 bits per heavy atom. The molecule has 2 rings (SSSR count). The molecule has 0 fully saturated rings. The van der Waals surface area contributed by atoms with Gasteiger partial charge in [-0.2, -0.15) is 0 Å². The molecule has 0 unspecified atom stereocenters. The van der Waals surface area contributed by atoms with Crippen molar-refractivity contribution in [3.8, 4) is 0 Å². The molecule has 0 spiro atoms. The van der Waals surface area contributed by atoms with Crippen LogP contribution < -0.4 is 5.64 Å². The maximum absolute atomic E-state index is 11.1. The number of nitrogens with one attached hydrogen (secondary N) is 1. The van der Waals surface area contributed by atoms with Crippen molar-refractivity contribution in [2.75, 3.05) is 0 Å². The molecule has 1 aromatic carbocycles. The predicted octanol–water partition coefficient (Wildman–Crippen LogP) is 0.433. The molecule has 1 N–H and O–H groups in total. The normalized spacial score (nSPS) is 15.4. The minimum Gasteiger partial charge on any atom is -0.331 e. The lowest BCUT2D eigenvalue weighted by Crippen LogP contribution is -2.18. The molecular formula is C8H5NO4. The summed E-state index contributed by atoms with van der Waals surface area (Å²) in [6.45, 7) is 0. The third kappa shape index (κ3) is 1.25. The van der Waals surface area contributed by atoms with Gasteiger partial charge in [0, 0.05) is 5.64 Å². The van der Waals surface area contributed by atoms with Gasteiger partial charge in [0.05, 0.1) is 11.1 Å². The van der Waals surface area contributed by atoms with E-state index in [1.54, 1.807) is 17.8 Å². The van der Waals surface area contributed by atoms with Gasteiger partial charge in [-0.3, -0.25) is 0 Å². The van der Waals surface area contributed by atoms with E-state index >= 15 is 0 Å². The summed E-state index contributed by atoms with van der Waals surface area (Å²) in [5, 5.41) is 0. The number of carbonyl (C=O) groups excluding carboxylic acids is 2. The van der Waals surface area contributed by atoms with Gasteiger partial charge in [-0.25, -0.2) is 9.59 Å². The Hall–Kier alpha value is -1.88. The van der Waals surface area contributed by atoms with Crippen molar-refractivity contribution in [1.29, 1.82) is 0 Å². The molecule has 5 nitrogen and oxygen atoms in total. The number of carbonyl (C=O) groups is 2. The average Bonchev–Trinajstić information content (AvgIpc) is 2.29. The molecule has 0 atom stereocenters. The van der Waals surface area contributed by atoms with E-state index in [1.165, 1.54) is 12.1 Å². The second-order valence-corrected chi connectivity index (χ2v) is 2.41. The molecule has 1 aromatic rings. The Balaban J connectivity index is 2.57. The van der Waals surface area contributed by atoms with Gasteiger partial charge in [-0.1, -0.05) is 12.1 Å². The van der Waals surface area contributed by atoms with Crippen LogP contribution in [-0.4, -0.2) is 11.9 Å². The van der Waals surface area contributed by atoms with Gasteiger partial charge < -0.3 is 9.68 Å². The van der Waals surface area contributed by atoms with Crippen molar-refractivity contribution < 1.29 is 19.3 Å². The lowest BCUT2D eigenvalue weighted by Gasteiger charge is -1.96. The zero-order valence-electron chi connectivity index (χ0n) is 6.44. The van der Waals surface area contributed by atoms with E-state index in [0.717, 1.165) is 0 Å². The Labute approximate surface area is 73.2 Å². The third-order valence-electron chi connectivity index (χ3n) is 1.64. The van der Waals surface area contributed by atoms with Gasteiger partial charge in [0.25, 0.3) is 0 Å². The molecule has 0 saturated heterocycles. The highest BCUT2D eigenvalue weighted by Gasteiger charge is 2.23. The summed E-state index contributed by atoms with van der Waals surface area (Å²) in [6, 6.07) is 6.26. The standard InChI is InChI=1S/C8H5NO4/c10-7-5-3-1-2-4-6(5)8(11)13-9-12-7/h1-4,9H. The van der Waals surface area contributed by atoms with Crippen molar-refractivity contribution in [1.82, 2.24) is 5.64 Å². The molecule has 0 bridgehead atoms. The van der Waals surface area contributed by atoms with Crippen molar-refractivity contribution in [3.63, 3.8) is 0 Å². The van der Waals surface area contributed by atoms with E-state index in [9.17, 15) is 9.59 Å². The zero-order chi connectivity index (χ0) is 9.26. The molecule has 1 heterocycles. The lowest BCUT2D eigenvalue weighted by atomic mass is 10.1. The fourth-order valence-corrected chi connectivity index (χ4v) is 1.05. The maximum Gasteiger partial charge on any atom is 0.361 e. The highest BCUT2D eigenvalue weighted by molar-refractivity contribution is 6.03. The van der Waals surface area contributed by atoms with Crippen LogP contribution in [-0.2, 0) is 9.68 Å². The maximum atomic E-state index is 11.1. The Morgan fingerprint density at radius 1 is 0.923 bits per heavy atom. The Morgan fingerprint density at radius 3 is 1.85 bits per heavy atom. The van der Waals surface area contributed by atoms with Gasteiger partial charge in [0.1, 0.15) is 0 Å². The minimum absolute atomic E-state index is 0.192. The van der Waals surface area contributed by atoms with Crippen molar-refractivity contribution in [3.05, 3.63) is 35.4 Å². The van der Waals surface area contributed by atoms with Gasteiger partial charge in [0.15, 0.2) is 0 Å². The number of hydrogen-bond donors (Lipinski definition) is 1. The highest BCUT2D eigenvalue weighted by atomic mass is 16.9. The van der Waals surface area contributed by atoms with Gasteiger partial charge in [-0.05, 0) is 12.1 Å². The summed E-state index contributed by atoms with van der Waals surface area (Å²) < 4.78 is 0. The lowest BCUT2D eigenvalue weighted by molar-refractivity contribution is -0.0968. The topological polar surface area (TPSA) is 64.6 Å². The smallest absolute Gasteiger partial charge is 0.331 e. The predicted molar refractivity (Wildman–Crippen MR) is 40.4 cm³/mol. The molecular weight excluding hydrogens is 174 g/mol. The van der Waals surface area contributed by atoms with Crippen LogP contribution in [0.1, 0.15) is 20.7 Å². The second kappa shape index (κ2) is 2.87. The molecule has 0 saturated carbocycles. The fourth-order valence-electron chi connectivity index (χ4n) is 1.05. The number of hydrogen-bond acceptors (Lipinski definition) is 5. The average molecular weight is 179 g/mol. The molecule has 0 amide bonds. The number of rotatable bonds is 0. The van der Waals surface area contributed by atoms with Gasteiger partial charge >= 0.3 is 11.9 Å². The van der Waals surface area contributed by atoms with Gasteiger partial charge in [-0.15, -0.1) is 0 Å². The summed E-state index contributed by atoms with van der Waals surface area (Å²) in [5.74, 6) is -1.28. The van der Waals surface area contributed by atoms with Crippen LogP contribution in [0.4, 0.5) is 0 Å². The summed E-state index contributed by atoms with van der Waals surface area (Å²) in [4.78, 5) is 31.0. The summed E-state index contributed by atoms with van der Waals surface area (Å²) in [6.07, 6.45) is 0. The van der Waals surface area contributed by atoms with Crippen LogP contribution in [0.2, 0.25) is 0 Å². The van der Waals surface area contributed by atoms with Crippen LogP contribution in [0.5, 0.6) is 0 Å². The van der Waals surface area contributed by atoms with Crippen LogP contribution in [0.15, 0.2) is 24.3 Å². The van der Waals surface area contributed by atoms with Crippen molar-refractivity contribution in [2.45, 2.75) is 0 Å². The molecule has 13 heavy (non-hydrogen) atoms.